The molecule has 1 fully saturated rings. The largest absolute Gasteiger partial charge is 0.335 e. The van der Waals surface area contributed by atoms with E-state index < -0.39 is 10.0 Å². The van der Waals surface area contributed by atoms with Crippen LogP contribution >= 0.6 is 0 Å². The first-order valence-corrected chi connectivity index (χ1v) is 7.79. The Kier molecular flexibility index (Phi) is 3.31. The topological polar surface area (TPSA) is 66.1 Å². The van der Waals surface area contributed by atoms with E-state index in [1.54, 1.807) is 12.1 Å². The molecular formula is C13H14FN3O2S. The van der Waals surface area contributed by atoms with E-state index >= 15 is 0 Å². The number of nitrogens with zero attached hydrogens (tertiary/aromatic N) is 2. The highest BCUT2D eigenvalue weighted by Gasteiger charge is 2.36. The highest BCUT2D eigenvalue weighted by atomic mass is 32.2. The minimum Gasteiger partial charge on any atom is -0.335 e. The Balaban J connectivity index is 1.95. The lowest BCUT2D eigenvalue weighted by molar-refractivity contribution is 0.395. The predicted octanol–water partition coefficient (Wildman–Crippen LogP) is 2.07. The smallest absolute Gasteiger partial charge is 0.260 e. The van der Waals surface area contributed by atoms with Gasteiger partial charge in [-0.3, -0.25) is 0 Å². The molecular weight excluding hydrogens is 281 g/mol. The van der Waals surface area contributed by atoms with Gasteiger partial charge in [-0.25, -0.2) is 17.8 Å². The van der Waals surface area contributed by atoms with Crippen LogP contribution in [-0.2, 0) is 10.0 Å². The van der Waals surface area contributed by atoms with Crippen molar-refractivity contribution in [3.8, 4) is 0 Å². The molecule has 7 heteroatoms. The third-order valence-corrected chi connectivity index (χ3v) is 5.35. The van der Waals surface area contributed by atoms with Gasteiger partial charge in [-0.05, 0) is 30.5 Å². The van der Waals surface area contributed by atoms with Crippen molar-refractivity contribution < 1.29 is 12.8 Å². The molecule has 2 heterocycles. The predicted molar refractivity (Wildman–Crippen MR) is 70.9 cm³/mol. The summed E-state index contributed by atoms with van der Waals surface area (Å²) in [5.41, 5.74) is 0.812. The van der Waals surface area contributed by atoms with E-state index in [1.165, 1.54) is 29.0 Å². The molecule has 1 aliphatic heterocycles. The van der Waals surface area contributed by atoms with Crippen molar-refractivity contribution in [2.24, 2.45) is 0 Å². The van der Waals surface area contributed by atoms with E-state index in [9.17, 15) is 12.8 Å². The van der Waals surface area contributed by atoms with Gasteiger partial charge in [-0.2, -0.15) is 4.31 Å². The van der Waals surface area contributed by atoms with Gasteiger partial charge in [0.15, 0.2) is 5.03 Å². The fourth-order valence-electron chi connectivity index (χ4n) is 2.56. The molecule has 1 N–H and O–H groups in total. The standard InChI is InChI=1S/C13H14FN3O2S/c14-11-5-3-10(4-6-11)12-2-1-7-17(12)20(18,19)13-8-15-9-16-13/h3-6,8-9,12H,1-2,7H2,(H,15,16)/t12-/m0/s1. The lowest BCUT2D eigenvalue weighted by Gasteiger charge is -2.23. The first-order chi connectivity index (χ1) is 9.59. The number of rotatable bonds is 3. The molecule has 0 amide bonds. The highest BCUT2D eigenvalue weighted by Crippen LogP contribution is 2.35. The molecule has 0 bridgehead atoms. The van der Waals surface area contributed by atoms with Crippen LogP contribution in [0.5, 0.6) is 0 Å². The summed E-state index contributed by atoms with van der Waals surface area (Å²) in [7, 11) is -3.58. The number of imidazole rings is 1. The molecule has 1 aliphatic rings. The van der Waals surface area contributed by atoms with Crippen molar-refractivity contribution in [3.05, 3.63) is 48.2 Å². The van der Waals surface area contributed by atoms with E-state index in [0.29, 0.717) is 6.54 Å². The van der Waals surface area contributed by atoms with Gasteiger partial charge in [-0.15, -0.1) is 0 Å². The molecule has 1 atom stereocenters. The molecule has 0 aliphatic carbocycles. The summed E-state index contributed by atoms with van der Waals surface area (Å²) in [6.07, 6.45) is 4.17. The second-order valence-corrected chi connectivity index (χ2v) is 6.60. The number of aromatic amines is 1. The Bertz CT molecular complexity index is 683. The quantitative estimate of drug-likeness (QED) is 0.942. The number of nitrogens with one attached hydrogen (secondary N) is 1. The molecule has 1 saturated heterocycles. The average Bonchev–Trinajstić information content (AvgIpc) is 3.11. The molecule has 0 spiro atoms. The summed E-state index contributed by atoms with van der Waals surface area (Å²) < 4.78 is 39.5. The zero-order valence-corrected chi connectivity index (χ0v) is 11.5. The number of aromatic nitrogens is 2. The molecule has 5 nitrogen and oxygen atoms in total. The van der Waals surface area contributed by atoms with Crippen molar-refractivity contribution in [3.63, 3.8) is 0 Å². The van der Waals surface area contributed by atoms with Gasteiger partial charge in [-0.1, -0.05) is 12.1 Å². The summed E-state index contributed by atoms with van der Waals surface area (Å²) >= 11 is 0. The van der Waals surface area contributed by atoms with Crippen molar-refractivity contribution in [2.45, 2.75) is 23.9 Å². The molecule has 20 heavy (non-hydrogen) atoms. The number of hydrogen-bond acceptors (Lipinski definition) is 3. The molecule has 1 aromatic carbocycles. The number of sulfonamides is 1. The van der Waals surface area contributed by atoms with Gasteiger partial charge in [0.25, 0.3) is 10.0 Å². The lowest BCUT2D eigenvalue weighted by atomic mass is 10.1. The minimum atomic E-state index is -3.58. The summed E-state index contributed by atoms with van der Waals surface area (Å²) in [5, 5.41) is 0.0894. The van der Waals surface area contributed by atoms with Crippen LogP contribution in [0.15, 0.2) is 41.8 Å². The van der Waals surface area contributed by atoms with E-state index in [0.717, 1.165) is 18.4 Å². The van der Waals surface area contributed by atoms with Crippen LogP contribution in [0.25, 0.3) is 0 Å². The van der Waals surface area contributed by atoms with E-state index in [1.807, 2.05) is 0 Å². The molecule has 3 rings (SSSR count). The first kappa shape index (κ1) is 13.3. The monoisotopic (exact) mass is 295 g/mol. The molecule has 1 aromatic heterocycles. The van der Waals surface area contributed by atoms with Crippen LogP contribution < -0.4 is 0 Å². The summed E-state index contributed by atoms with van der Waals surface area (Å²) in [5.74, 6) is -0.324. The Labute approximate surface area is 116 Å². The van der Waals surface area contributed by atoms with Gasteiger partial charge in [0, 0.05) is 6.54 Å². The fourth-order valence-corrected chi connectivity index (χ4v) is 4.14. The third kappa shape index (κ3) is 2.23. The SMILES string of the molecule is O=S(=O)(c1cnc[nH]1)N1CCC[C@H]1c1ccc(F)cc1. The second kappa shape index (κ2) is 4.99. The van der Waals surface area contributed by atoms with Crippen LogP contribution in [-0.4, -0.2) is 29.2 Å². The fraction of sp³-hybridized carbons (Fsp3) is 0.308. The zero-order valence-electron chi connectivity index (χ0n) is 10.7. The van der Waals surface area contributed by atoms with Crippen LogP contribution in [0.4, 0.5) is 4.39 Å². The maximum atomic E-state index is 13.0. The van der Waals surface area contributed by atoms with Gasteiger partial charge in [0.05, 0.1) is 18.6 Å². The Morgan fingerprint density at radius 2 is 2.05 bits per heavy atom. The average molecular weight is 295 g/mol. The molecule has 106 valence electrons. The summed E-state index contributed by atoms with van der Waals surface area (Å²) in [4.78, 5) is 6.39. The van der Waals surface area contributed by atoms with Gasteiger partial charge < -0.3 is 4.98 Å². The third-order valence-electron chi connectivity index (χ3n) is 3.52. The first-order valence-electron chi connectivity index (χ1n) is 6.35. The normalized spacial score (nSPS) is 20.4. The lowest BCUT2D eigenvalue weighted by Crippen LogP contribution is -2.30. The number of H-pyrrole nitrogens is 1. The van der Waals surface area contributed by atoms with Crippen LogP contribution in [0.2, 0.25) is 0 Å². The van der Waals surface area contributed by atoms with Crippen LogP contribution in [0.1, 0.15) is 24.4 Å². The van der Waals surface area contributed by atoms with E-state index in [2.05, 4.69) is 9.97 Å². The molecule has 0 unspecified atom stereocenters. The van der Waals surface area contributed by atoms with Crippen LogP contribution in [0, 0.1) is 5.82 Å². The maximum absolute atomic E-state index is 13.0. The zero-order chi connectivity index (χ0) is 14.2. The Morgan fingerprint density at radius 1 is 1.30 bits per heavy atom. The highest BCUT2D eigenvalue weighted by molar-refractivity contribution is 7.89. The second-order valence-electron chi connectivity index (χ2n) is 4.74. The van der Waals surface area contributed by atoms with Crippen molar-refractivity contribution in [2.75, 3.05) is 6.54 Å². The van der Waals surface area contributed by atoms with Crippen LogP contribution in [0.3, 0.4) is 0 Å². The van der Waals surface area contributed by atoms with E-state index in [-0.39, 0.29) is 16.9 Å². The van der Waals surface area contributed by atoms with Gasteiger partial charge >= 0.3 is 0 Å². The number of hydrogen-bond donors (Lipinski definition) is 1. The number of halogens is 1. The van der Waals surface area contributed by atoms with E-state index in [4.69, 9.17) is 0 Å². The maximum Gasteiger partial charge on any atom is 0.260 e. The number of benzene rings is 1. The molecule has 0 radical (unpaired) electrons. The van der Waals surface area contributed by atoms with Gasteiger partial charge in [0.2, 0.25) is 0 Å². The van der Waals surface area contributed by atoms with Crippen molar-refractivity contribution >= 4 is 10.0 Å². The summed E-state index contributed by atoms with van der Waals surface area (Å²) in [6, 6.07) is 5.74. The summed E-state index contributed by atoms with van der Waals surface area (Å²) in [6.45, 7) is 0.462. The molecule has 0 saturated carbocycles. The minimum absolute atomic E-state index is 0.0894. The van der Waals surface area contributed by atoms with Crippen molar-refractivity contribution in [1.82, 2.24) is 14.3 Å². The molecule has 2 aromatic rings. The Morgan fingerprint density at radius 3 is 2.70 bits per heavy atom. The van der Waals surface area contributed by atoms with Gasteiger partial charge in [0.1, 0.15) is 5.82 Å². The van der Waals surface area contributed by atoms with Crippen molar-refractivity contribution in [1.29, 1.82) is 0 Å². The Hall–Kier alpha value is -1.73.